The van der Waals surface area contributed by atoms with Gasteiger partial charge in [0.25, 0.3) is 0 Å². The van der Waals surface area contributed by atoms with Crippen molar-refractivity contribution in [1.82, 2.24) is 0 Å². The summed E-state index contributed by atoms with van der Waals surface area (Å²) in [4.78, 5) is 4.38. The lowest BCUT2D eigenvalue weighted by Gasteiger charge is -2.23. The molecule has 0 aliphatic rings. The SMILES string of the molecule is COc1ccc(NC(N)=NCc2ccccc2OC(C)(C)C)cc1Cl.I. The van der Waals surface area contributed by atoms with Gasteiger partial charge in [0.2, 0.25) is 0 Å². The number of methoxy groups -OCH3 is 1. The van der Waals surface area contributed by atoms with Gasteiger partial charge in [0, 0.05) is 11.3 Å². The molecule has 0 unspecified atom stereocenters. The molecule has 142 valence electrons. The van der Waals surface area contributed by atoms with Crippen molar-refractivity contribution in [2.45, 2.75) is 32.9 Å². The zero-order chi connectivity index (χ0) is 18.4. The van der Waals surface area contributed by atoms with Gasteiger partial charge in [-0.25, -0.2) is 4.99 Å². The van der Waals surface area contributed by atoms with E-state index in [4.69, 9.17) is 26.8 Å². The fourth-order valence-corrected chi connectivity index (χ4v) is 2.42. The zero-order valence-electron chi connectivity index (χ0n) is 15.4. The van der Waals surface area contributed by atoms with E-state index in [1.165, 1.54) is 0 Å². The van der Waals surface area contributed by atoms with Crippen LogP contribution in [0.4, 0.5) is 5.69 Å². The number of nitrogens with two attached hydrogens (primary N) is 1. The van der Waals surface area contributed by atoms with Crippen molar-refractivity contribution in [3.63, 3.8) is 0 Å². The van der Waals surface area contributed by atoms with Gasteiger partial charge in [0.1, 0.15) is 17.1 Å². The maximum absolute atomic E-state index is 6.11. The average molecular weight is 490 g/mol. The van der Waals surface area contributed by atoms with Gasteiger partial charge in [-0.1, -0.05) is 29.8 Å². The Morgan fingerprint density at radius 2 is 1.85 bits per heavy atom. The second-order valence-electron chi connectivity index (χ2n) is 6.50. The molecule has 5 nitrogen and oxygen atoms in total. The van der Waals surface area contributed by atoms with Crippen LogP contribution in [0, 0.1) is 0 Å². The fraction of sp³-hybridized carbons (Fsp3) is 0.316. The van der Waals surface area contributed by atoms with Crippen molar-refractivity contribution in [2.24, 2.45) is 10.7 Å². The number of hydrogen-bond acceptors (Lipinski definition) is 3. The third kappa shape index (κ3) is 6.92. The topological polar surface area (TPSA) is 68.9 Å². The van der Waals surface area contributed by atoms with Crippen LogP contribution in [0.5, 0.6) is 11.5 Å². The first-order valence-electron chi connectivity index (χ1n) is 7.96. The van der Waals surface area contributed by atoms with Crippen molar-refractivity contribution < 1.29 is 9.47 Å². The molecule has 0 amide bonds. The molecule has 0 saturated carbocycles. The van der Waals surface area contributed by atoms with Gasteiger partial charge in [-0.3, -0.25) is 0 Å². The summed E-state index contributed by atoms with van der Waals surface area (Å²) < 4.78 is 11.1. The van der Waals surface area contributed by atoms with Crippen LogP contribution in [0.25, 0.3) is 0 Å². The highest BCUT2D eigenvalue weighted by molar-refractivity contribution is 14.0. The van der Waals surface area contributed by atoms with E-state index in [9.17, 15) is 0 Å². The zero-order valence-corrected chi connectivity index (χ0v) is 18.5. The number of rotatable bonds is 5. The second kappa shape index (κ2) is 9.87. The molecule has 0 atom stereocenters. The number of nitrogens with zero attached hydrogens (tertiary/aromatic N) is 1. The first-order chi connectivity index (χ1) is 11.8. The highest BCUT2D eigenvalue weighted by Crippen LogP contribution is 2.27. The maximum atomic E-state index is 6.11. The van der Waals surface area contributed by atoms with Crippen molar-refractivity contribution in [1.29, 1.82) is 0 Å². The molecule has 0 radical (unpaired) electrons. The number of benzene rings is 2. The summed E-state index contributed by atoms with van der Waals surface area (Å²) in [5, 5.41) is 3.52. The van der Waals surface area contributed by atoms with Crippen LogP contribution in [0.3, 0.4) is 0 Å². The summed E-state index contributed by atoms with van der Waals surface area (Å²) in [6, 6.07) is 13.1. The molecule has 26 heavy (non-hydrogen) atoms. The third-order valence-corrected chi connectivity index (χ3v) is 3.53. The van der Waals surface area contributed by atoms with Crippen molar-refractivity contribution in [3.05, 3.63) is 53.1 Å². The Hall–Kier alpha value is -1.67. The lowest BCUT2D eigenvalue weighted by Crippen LogP contribution is -2.24. The quantitative estimate of drug-likeness (QED) is 0.349. The molecule has 0 fully saturated rings. The second-order valence-corrected chi connectivity index (χ2v) is 6.91. The predicted octanol–water partition coefficient (Wildman–Crippen LogP) is 5.07. The lowest BCUT2D eigenvalue weighted by molar-refractivity contribution is 0.129. The van der Waals surface area contributed by atoms with E-state index in [0.29, 0.717) is 23.3 Å². The van der Waals surface area contributed by atoms with Crippen LogP contribution < -0.4 is 20.5 Å². The Bertz CT molecular complexity index is 761. The molecular formula is C19H25ClIN3O2. The summed E-state index contributed by atoms with van der Waals surface area (Å²) in [6.45, 7) is 6.44. The molecule has 0 spiro atoms. The summed E-state index contributed by atoms with van der Waals surface area (Å²) >= 11 is 6.11. The van der Waals surface area contributed by atoms with Crippen LogP contribution in [-0.2, 0) is 6.54 Å². The molecule has 7 heteroatoms. The average Bonchev–Trinajstić information content (AvgIpc) is 2.53. The molecule has 0 saturated heterocycles. The predicted molar refractivity (Wildman–Crippen MR) is 119 cm³/mol. The Morgan fingerprint density at radius 3 is 2.46 bits per heavy atom. The number of hydrogen-bond donors (Lipinski definition) is 2. The van der Waals surface area contributed by atoms with E-state index in [2.05, 4.69) is 10.3 Å². The van der Waals surface area contributed by atoms with Crippen molar-refractivity contribution in [2.75, 3.05) is 12.4 Å². The molecule has 0 aromatic heterocycles. The minimum atomic E-state index is -0.274. The van der Waals surface area contributed by atoms with Crippen LogP contribution in [0.15, 0.2) is 47.5 Å². The minimum Gasteiger partial charge on any atom is -0.495 e. The van der Waals surface area contributed by atoms with E-state index in [-0.39, 0.29) is 29.6 Å². The summed E-state index contributed by atoms with van der Waals surface area (Å²) in [5.41, 5.74) is 7.41. The number of aliphatic imine (C=N–C) groups is 1. The van der Waals surface area contributed by atoms with Crippen LogP contribution in [0.1, 0.15) is 26.3 Å². The number of ether oxygens (including phenoxy) is 2. The van der Waals surface area contributed by atoms with Gasteiger partial charge >= 0.3 is 0 Å². The number of nitrogens with one attached hydrogen (secondary N) is 1. The Kier molecular flexibility index (Phi) is 8.49. The number of anilines is 1. The highest BCUT2D eigenvalue weighted by atomic mass is 127. The van der Waals surface area contributed by atoms with Crippen LogP contribution in [-0.4, -0.2) is 18.7 Å². The fourth-order valence-electron chi connectivity index (χ4n) is 2.17. The van der Waals surface area contributed by atoms with E-state index in [0.717, 1.165) is 17.0 Å². The number of halogens is 2. The van der Waals surface area contributed by atoms with Gasteiger partial charge in [-0.2, -0.15) is 0 Å². The van der Waals surface area contributed by atoms with Crippen LogP contribution >= 0.6 is 35.6 Å². The van der Waals surface area contributed by atoms with E-state index in [1.54, 1.807) is 19.2 Å². The monoisotopic (exact) mass is 489 g/mol. The largest absolute Gasteiger partial charge is 0.495 e. The van der Waals surface area contributed by atoms with Gasteiger partial charge in [0.15, 0.2) is 5.96 Å². The molecule has 0 heterocycles. The lowest BCUT2D eigenvalue weighted by atomic mass is 10.1. The highest BCUT2D eigenvalue weighted by Gasteiger charge is 2.14. The summed E-state index contributed by atoms with van der Waals surface area (Å²) in [5.74, 6) is 1.71. The summed E-state index contributed by atoms with van der Waals surface area (Å²) in [6.07, 6.45) is 0. The normalized spacial score (nSPS) is 11.5. The maximum Gasteiger partial charge on any atom is 0.193 e. The van der Waals surface area contributed by atoms with E-state index in [1.807, 2.05) is 51.1 Å². The van der Waals surface area contributed by atoms with Crippen molar-refractivity contribution >= 4 is 47.2 Å². The van der Waals surface area contributed by atoms with E-state index >= 15 is 0 Å². The molecule has 2 aromatic rings. The van der Waals surface area contributed by atoms with Crippen LogP contribution in [0.2, 0.25) is 5.02 Å². The first-order valence-corrected chi connectivity index (χ1v) is 8.34. The Balaban J connectivity index is 0.00000338. The number of para-hydroxylation sites is 1. The van der Waals surface area contributed by atoms with Gasteiger partial charge < -0.3 is 20.5 Å². The van der Waals surface area contributed by atoms with Gasteiger partial charge in [-0.15, -0.1) is 24.0 Å². The molecule has 2 aromatic carbocycles. The van der Waals surface area contributed by atoms with Gasteiger partial charge in [0.05, 0.1) is 18.7 Å². The minimum absolute atomic E-state index is 0. The molecule has 3 N–H and O–H groups in total. The van der Waals surface area contributed by atoms with E-state index < -0.39 is 0 Å². The Labute approximate surface area is 177 Å². The number of guanidine groups is 1. The standard InChI is InChI=1S/C19H24ClN3O2.HI/c1-19(2,3)25-16-8-6-5-7-13(16)12-22-18(21)23-14-9-10-17(24-4)15(20)11-14;/h5-11H,12H2,1-4H3,(H3,21,22,23);1H. The molecular weight excluding hydrogens is 465 g/mol. The smallest absolute Gasteiger partial charge is 0.193 e. The molecule has 2 rings (SSSR count). The summed E-state index contributed by atoms with van der Waals surface area (Å²) in [7, 11) is 1.57. The Morgan fingerprint density at radius 1 is 1.15 bits per heavy atom. The van der Waals surface area contributed by atoms with Gasteiger partial charge in [-0.05, 0) is 45.0 Å². The molecule has 0 aliphatic heterocycles. The first kappa shape index (κ1) is 22.4. The molecule has 0 bridgehead atoms. The molecule has 0 aliphatic carbocycles. The van der Waals surface area contributed by atoms with Crippen molar-refractivity contribution in [3.8, 4) is 11.5 Å². The third-order valence-electron chi connectivity index (χ3n) is 3.23.